The molecule has 0 aliphatic heterocycles. The number of rotatable bonds is 9. The molecule has 0 spiro atoms. The molecular formula is C16H23O4P. The Kier molecular flexibility index (Phi) is 8.06. The summed E-state index contributed by atoms with van der Waals surface area (Å²) in [6, 6.07) is 9.90. The lowest BCUT2D eigenvalue weighted by atomic mass is 10.2. The molecule has 1 aromatic carbocycles. The van der Waals surface area contributed by atoms with E-state index < -0.39 is 7.60 Å². The fourth-order valence-corrected chi connectivity index (χ4v) is 3.26. The van der Waals surface area contributed by atoms with E-state index in [4.69, 9.17) is 13.8 Å². The Labute approximate surface area is 127 Å². The second-order valence-corrected chi connectivity index (χ2v) is 6.04. The van der Waals surface area contributed by atoms with Gasteiger partial charge in [0.15, 0.2) is 0 Å². The van der Waals surface area contributed by atoms with Gasteiger partial charge < -0.3 is 13.8 Å². The molecule has 0 aliphatic rings. The summed E-state index contributed by atoms with van der Waals surface area (Å²) in [7, 11) is -3.34. The Bertz CT molecular complexity index is 498. The van der Waals surface area contributed by atoms with Crippen molar-refractivity contribution in [3.8, 4) is 0 Å². The Morgan fingerprint density at radius 2 is 1.76 bits per heavy atom. The largest absolute Gasteiger partial charge is 0.482 e. The molecule has 21 heavy (non-hydrogen) atoms. The van der Waals surface area contributed by atoms with Gasteiger partial charge in [0.25, 0.3) is 0 Å². The summed E-state index contributed by atoms with van der Waals surface area (Å²) < 4.78 is 28.6. The molecule has 0 N–H and O–H groups in total. The van der Waals surface area contributed by atoms with Gasteiger partial charge in [-0.15, -0.1) is 0 Å². The van der Waals surface area contributed by atoms with Gasteiger partial charge in [0.05, 0.1) is 13.2 Å². The van der Waals surface area contributed by atoms with Crippen molar-refractivity contribution in [3.05, 3.63) is 53.5 Å². The monoisotopic (exact) mass is 310 g/mol. The molecule has 0 radical (unpaired) electrons. The van der Waals surface area contributed by atoms with Crippen molar-refractivity contribution in [2.45, 2.75) is 20.8 Å². The second-order valence-electron chi connectivity index (χ2n) is 4.08. The van der Waals surface area contributed by atoms with Crippen molar-refractivity contribution < 1.29 is 18.3 Å². The van der Waals surface area contributed by atoms with Crippen LogP contribution >= 0.6 is 7.60 Å². The van der Waals surface area contributed by atoms with Crippen molar-refractivity contribution in [1.29, 1.82) is 0 Å². The molecule has 0 saturated carbocycles. The maximum atomic E-state index is 12.5. The predicted molar refractivity (Wildman–Crippen MR) is 86.0 cm³/mol. The molecule has 1 rings (SSSR count). The first kappa shape index (κ1) is 17.7. The van der Waals surface area contributed by atoms with E-state index in [2.05, 4.69) is 0 Å². The van der Waals surface area contributed by atoms with Crippen LogP contribution < -0.4 is 0 Å². The number of ether oxygens (including phenoxy) is 1. The zero-order valence-corrected chi connectivity index (χ0v) is 13.7. The first-order chi connectivity index (χ1) is 10.2. The van der Waals surface area contributed by atoms with Crippen molar-refractivity contribution in [2.75, 3.05) is 19.8 Å². The van der Waals surface area contributed by atoms with E-state index in [9.17, 15) is 4.57 Å². The van der Waals surface area contributed by atoms with Crippen LogP contribution in [-0.2, 0) is 18.3 Å². The zero-order valence-electron chi connectivity index (χ0n) is 12.8. The number of allylic oxidation sites excluding steroid dienone is 1. The third-order valence-electron chi connectivity index (χ3n) is 2.55. The minimum atomic E-state index is -3.34. The van der Waals surface area contributed by atoms with Gasteiger partial charge in [0.1, 0.15) is 6.61 Å². The van der Waals surface area contributed by atoms with Crippen molar-refractivity contribution >= 4 is 13.7 Å². The van der Waals surface area contributed by atoms with Crippen LogP contribution in [0.2, 0.25) is 0 Å². The Balaban J connectivity index is 2.62. The standard InChI is InChI=1S/C16H23O4P/c1-4-16(21(17,19-5-2)20-6-3)18-14-10-13-15-11-8-7-9-12-15/h4,7-13H,5-6,14H2,1-3H3/b13-10+,16-4+. The summed E-state index contributed by atoms with van der Waals surface area (Å²) in [5.41, 5.74) is 1.34. The van der Waals surface area contributed by atoms with E-state index >= 15 is 0 Å². The van der Waals surface area contributed by atoms with Gasteiger partial charge in [-0.1, -0.05) is 36.4 Å². The van der Waals surface area contributed by atoms with Crippen LogP contribution in [0.1, 0.15) is 26.3 Å². The topological polar surface area (TPSA) is 44.8 Å². The van der Waals surface area contributed by atoms with Crippen LogP contribution in [0.25, 0.3) is 6.08 Å². The molecule has 0 saturated heterocycles. The quantitative estimate of drug-likeness (QED) is 0.483. The normalized spacial score (nSPS) is 12.8. The molecule has 0 amide bonds. The lowest BCUT2D eigenvalue weighted by Gasteiger charge is -2.19. The molecule has 0 bridgehead atoms. The van der Waals surface area contributed by atoms with E-state index in [0.29, 0.717) is 19.8 Å². The lowest BCUT2D eigenvalue weighted by molar-refractivity contribution is 0.189. The van der Waals surface area contributed by atoms with Crippen molar-refractivity contribution in [3.63, 3.8) is 0 Å². The Morgan fingerprint density at radius 1 is 1.14 bits per heavy atom. The van der Waals surface area contributed by atoms with Gasteiger partial charge >= 0.3 is 7.60 Å². The zero-order chi connectivity index (χ0) is 15.6. The van der Waals surface area contributed by atoms with E-state index in [0.717, 1.165) is 5.56 Å². The van der Waals surface area contributed by atoms with Gasteiger partial charge in [-0.05, 0) is 38.5 Å². The molecular weight excluding hydrogens is 287 g/mol. The maximum absolute atomic E-state index is 12.5. The summed E-state index contributed by atoms with van der Waals surface area (Å²) in [5, 5.41) is 0. The van der Waals surface area contributed by atoms with Crippen molar-refractivity contribution in [2.24, 2.45) is 0 Å². The first-order valence-corrected chi connectivity index (χ1v) is 8.61. The van der Waals surface area contributed by atoms with E-state index in [1.807, 2.05) is 42.5 Å². The number of benzene rings is 1. The average molecular weight is 310 g/mol. The van der Waals surface area contributed by atoms with Crippen LogP contribution in [0.4, 0.5) is 0 Å². The van der Waals surface area contributed by atoms with Gasteiger partial charge in [-0.25, -0.2) is 0 Å². The smallest absolute Gasteiger partial charge is 0.395 e. The van der Waals surface area contributed by atoms with Gasteiger partial charge in [0.2, 0.25) is 5.50 Å². The van der Waals surface area contributed by atoms with Gasteiger partial charge in [-0.2, -0.15) is 0 Å². The van der Waals surface area contributed by atoms with E-state index in [1.165, 1.54) is 0 Å². The highest BCUT2D eigenvalue weighted by Gasteiger charge is 2.30. The predicted octanol–water partition coefficient (Wildman–Crippen LogP) is 4.84. The summed E-state index contributed by atoms with van der Waals surface area (Å²) in [5.74, 6) is 0. The summed E-state index contributed by atoms with van der Waals surface area (Å²) in [4.78, 5) is 0. The minimum Gasteiger partial charge on any atom is -0.482 e. The van der Waals surface area contributed by atoms with Gasteiger partial charge in [0, 0.05) is 0 Å². The average Bonchev–Trinajstić information content (AvgIpc) is 2.48. The fourth-order valence-electron chi connectivity index (χ4n) is 1.71. The highest BCUT2D eigenvalue weighted by molar-refractivity contribution is 7.58. The van der Waals surface area contributed by atoms with E-state index in [1.54, 1.807) is 26.8 Å². The van der Waals surface area contributed by atoms with E-state index in [-0.39, 0.29) is 5.50 Å². The van der Waals surface area contributed by atoms with Crippen LogP contribution in [-0.4, -0.2) is 19.8 Å². The summed E-state index contributed by atoms with van der Waals surface area (Å²) in [6.07, 6.45) is 5.43. The molecule has 116 valence electrons. The Hall–Kier alpha value is -1.35. The van der Waals surface area contributed by atoms with Crippen molar-refractivity contribution in [1.82, 2.24) is 0 Å². The first-order valence-electron chi connectivity index (χ1n) is 7.06. The molecule has 0 aliphatic carbocycles. The van der Waals surface area contributed by atoms with Crippen LogP contribution in [0, 0.1) is 0 Å². The Morgan fingerprint density at radius 3 is 2.29 bits per heavy atom. The molecule has 5 heteroatoms. The molecule has 1 aromatic rings. The highest BCUT2D eigenvalue weighted by atomic mass is 31.2. The number of hydrogen-bond acceptors (Lipinski definition) is 4. The molecule has 0 fully saturated rings. The summed E-state index contributed by atoms with van der Waals surface area (Å²) in [6.45, 7) is 6.21. The van der Waals surface area contributed by atoms with Crippen LogP contribution in [0.3, 0.4) is 0 Å². The lowest BCUT2D eigenvalue weighted by Crippen LogP contribution is -2.02. The SMILES string of the molecule is C/C=C(\OC/C=C/c1ccccc1)P(=O)(OCC)OCC. The number of hydrogen-bond donors (Lipinski definition) is 0. The summed E-state index contributed by atoms with van der Waals surface area (Å²) >= 11 is 0. The molecule has 0 heterocycles. The maximum Gasteiger partial charge on any atom is 0.395 e. The molecule has 4 nitrogen and oxygen atoms in total. The van der Waals surface area contributed by atoms with Gasteiger partial charge in [-0.3, -0.25) is 4.57 Å². The fraction of sp³-hybridized carbons (Fsp3) is 0.375. The van der Waals surface area contributed by atoms with Crippen LogP contribution in [0.5, 0.6) is 0 Å². The third kappa shape index (κ3) is 5.88. The molecule has 0 atom stereocenters. The molecule has 0 unspecified atom stereocenters. The third-order valence-corrected chi connectivity index (χ3v) is 4.68. The minimum absolute atomic E-state index is 0.254. The molecule has 0 aromatic heterocycles. The van der Waals surface area contributed by atoms with Crippen LogP contribution in [0.15, 0.2) is 48.0 Å². The highest BCUT2D eigenvalue weighted by Crippen LogP contribution is 2.56. The second kappa shape index (κ2) is 9.56.